The molecule has 8 heteroatoms. The highest BCUT2D eigenvalue weighted by Gasteiger charge is 2.34. The van der Waals surface area contributed by atoms with Crippen molar-refractivity contribution in [3.8, 4) is 11.1 Å². The summed E-state index contributed by atoms with van der Waals surface area (Å²) in [5.41, 5.74) is 4.35. The minimum Gasteiger partial charge on any atom is -0.481 e. The van der Waals surface area contributed by atoms with Crippen LogP contribution in [0.15, 0.2) is 48.5 Å². The van der Waals surface area contributed by atoms with Crippen molar-refractivity contribution in [2.75, 3.05) is 20.3 Å². The number of carboxylic acids is 1. The van der Waals surface area contributed by atoms with E-state index in [9.17, 15) is 19.5 Å². The number of nitrogens with one attached hydrogen (secondary N) is 1. The first-order chi connectivity index (χ1) is 15.8. The average molecular weight is 453 g/mol. The fourth-order valence-corrected chi connectivity index (χ4v) is 4.65. The number of alkyl carbamates (subject to hydrolysis) is 1. The molecule has 0 saturated carbocycles. The van der Waals surface area contributed by atoms with E-state index >= 15 is 0 Å². The summed E-state index contributed by atoms with van der Waals surface area (Å²) in [6.45, 7) is 2.38. The van der Waals surface area contributed by atoms with Crippen LogP contribution in [-0.2, 0) is 19.1 Å². The lowest BCUT2D eigenvalue weighted by Crippen LogP contribution is -2.51. The van der Waals surface area contributed by atoms with E-state index in [4.69, 9.17) is 9.47 Å². The van der Waals surface area contributed by atoms with Gasteiger partial charge in [-0.3, -0.25) is 9.59 Å². The van der Waals surface area contributed by atoms with Crippen molar-refractivity contribution in [2.45, 2.75) is 43.9 Å². The van der Waals surface area contributed by atoms with Crippen molar-refractivity contribution in [1.82, 2.24) is 10.2 Å². The molecule has 1 fully saturated rings. The van der Waals surface area contributed by atoms with Gasteiger partial charge in [-0.1, -0.05) is 48.5 Å². The number of carbonyl (C=O) groups excluding carboxylic acids is 2. The van der Waals surface area contributed by atoms with Crippen LogP contribution >= 0.6 is 0 Å². The van der Waals surface area contributed by atoms with Crippen LogP contribution in [0.3, 0.4) is 0 Å². The van der Waals surface area contributed by atoms with Gasteiger partial charge in [0.15, 0.2) is 0 Å². The van der Waals surface area contributed by atoms with Gasteiger partial charge < -0.3 is 24.8 Å². The Bertz CT molecular complexity index is 1010. The SMILES string of the molecule is CC1CC(N(C)C(=O)C(CC(=O)O)NC(=O)OCC2c3ccccc3-c3ccccc32)CO1. The smallest absolute Gasteiger partial charge is 0.407 e. The highest BCUT2D eigenvalue weighted by atomic mass is 16.5. The first-order valence-electron chi connectivity index (χ1n) is 11.1. The molecule has 0 bridgehead atoms. The van der Waals surface area contributed by atoms with Crippen LogP contribution in [0.1, 0.15) is 36.8 Å². The molecular weight excluding hydrogens is 424 g/mol. The number of hydrogen-bond acceptors (Lipinski definition) is 5. The zero-order valence-corrected chi connectivity index (χ0v) is 18.7. The summed E-state index contributed by atoms with van der Waals surface area (Å²) in [6.07, 6.45) is -0.664. The Hall–Kier alpha value is -3.39. The second-order valence-corrected chi connectivity index (χ2v) is 8.60. The summed E-state index contributed by atoms with van der Waals surface area (Å²) >= 11 is 0. The Morgan fingerprint density at radius 2 is 1.73 bits per heavy atom. The number of amides is 2. The predicted molar refractivity (Wildman–Crippen MR) is 121 cm³/mol. The largest absolute Gasteiger partial charge is 0.481 e. The lowest BCUT2D eigenvalue weighted by atomic mass is 9.98. The number of aliphatic carboxylic acids is 1. The van der Waals surface area contributed by atoms with Crippen molar-refractivity contribution in [3.05, 3.63) is 59.7 Å². The molecule has 1 aliphatic heterocycles. The molecule has 8 nitrogen and oxygen atoms in total. The Morgan fingerprint density at radius 1 is 1.12 bits per heavy atom. The second-order valence-electron chi connectivity index (χ2n) is 8.60. The molecule has 1 saturated heterocycles. The molecule has 2 amide bonds. The third-order valence-electron chi connectivity index (χ3n) is 6.39. The van der Waals surface area contributed by atoms with Gasteiger partial charge in [0.2, 0.25) is 5.91 Å². The molecule has 0 spiro atoms. The van der Waals surface area contributed by atoms with Gasteiger partial charge in [0.1, 0.15) is 12.6 Å². The number of carbonyl (C=O) groups is 3. The van der Waals surface area contributed by atoms with Gasteiger partial charge >= 0.3 is 12.1 Å². The molecule has 33 heavy (non-hydrogen) atoms. The number of carboxylic acid groups (broad SMARTS) is 1. The first-order valence-corrected chi connectivity index (χ1v) is 11.1. The molecule has 1 heterocycles. The van der Waals surface area contributed by atoms with E-state index in [1.54, 1.807) is 7.05 Å². The summed E-state index contributed by atoms with van der Waals surface area (Å²) in [5.74, 6) is -1.79. The van der Waals surface area contributed by atoms with Gasteiger partial charge in [0, 0.05) is 13.0 Å². The first kappa shape index (κ1) is 22.8. The summed E-state index contributed by atoms with van der Waals surface area (Å²) in [4.78, 5) is 38.3. The van der Waals surface area contributed by atoms with E-state index in [0.29, 0.717) is 13.0 Å². The average Bonchev–Trinajstić information content (AvgIpc) is 3.37. The maximum atomic E-state index is 12.9. The summed E-state index contributed by atoms with van der Waals surface area (Å²) in [7, 11) is 1.60. The van der Waals surface area contributed by atoms with Crippen LogP contribution in [0.4, 0.5) is 4.79 Å². The Morgan fingerprint density at radius 3 is 2.27 bits per heavy atom. The number of benzene rings is 2. The second kappa shape index (κ2) is 9.62. The van der Waals surface area contributed by atoms with Crippen LogP contribution in [0, 0.1) is 0 Å². The van der Waals surface area contributed by atoms with E-state index in [2.05, 4.69) is 5.32 Å². The Labute approximate surface area is 192 Å². The van der Waals surface area contributed by atoms with Gasteiger partial charge in [-0.2, -0.15) is 0 Å². The number of ether oxygens (including phenoxy) is 2. The molecule has 0 aromatic heterocycles. The number of likely N-dealkylation sites (N-methyl/N-ethyl adjacent to an activating group) is 1. The summed E-state index contributed by atoms with van der Waals surface area (Å²) in [5, 5.41) is 11.7. The molecule has 2 N–H and O–H groups in total. The van der Waals surface area contributed by atoms with Crippen LogP contribution in [-0.4, -0.2) is 66.4 Å². The maximum Gasteiger partial charge on any atom is 0.407 e. The van der Waals surface area contributed by atoms with Crippen molar-refractivity contribution in [2.24, 2.45) is 0 Å². The van der Waals surface area contributed by atoms with Crippen LogP contribution in [0.2, 0.25) is 0 Å². The Balaban J connectivity index is 1.42. The molecule has 0 radical (unpaired) electrons. The topological polar surface area (TPSA) is 105 Å². The van der Waals surface area contributed by atoms with Crippen molar-refractivity contribution in [1.29, 1.82) is 0 Å². The molecule has 3 atom stereocenters. The van der Waals surface area contributed by atoms with E-state index in [-0.39, 0.29) is 24.7 Å². The maximum absolute atomic E-state index is 12.9. The van der Waals surface area contributed by atoms with Crippen molar-refractivity contribution in [3.63, 3.8) is 0 Å². The van der Waals surface area contributed by atoms with Gasteiger partial charge in [-0.15, -0.1) is 0 Å². The fraction of sp³-hybridized carbons (Fsp3) is 0.400. The van der Waals surface area contributed by atoms with Gasteiger partial charge in [0.25, 0.3) is 0 Å². The number of hydrogen-bond donors (Lipinski definition) is 2. The number of rotatable bonds is 7. The fourth-order valence-electron chi connectivity index (χ4n) is 4.65. The monoisotopic (exact) mass is 452 g/mol. The molecule has 2 aromatic rings. The molecule has 2 aromatic carbocycles. The van der Waals surface area contributed by atoms with E-state index < -0.39 is 30.4 Å². The standard InChI is InChI=1S/C25H28N2O6/c1-15-11-16(13-32-15)27(2)24(30)22(12-23(28)29)26-25(31)33-14-21-19-9-5-3-7-17(19)18-8-4-6-10-20(18)21/h3-10,15-16,21-22H,11-14H2,1-2H3,(H,26,31)(H,28,29). The molecule has 174 valence electrons. The highest BCUT2D eigenvalue weighted by Crippen LogP contribution is 2.44. The minimum absolute atomic E-state index is 0.0262. The zero-order chi connectivity index (χ0) is 23.5. The number of fused-ring (bicyclic) bond motifs is 3. The van der Waals surface area contributed by atoms with E-state index in [1.165, 1.54) is 4.90 Å². The van der Waals surface area contributed by atoms with Gasteiger partial charge in [-0.05, 0) is 35.6 Å². The van der Waals surface area contributed by atoms with E-state index in [0.717, 1.165) is 22.3 Å². The summed E-state index contributed by atoms with van der Waals surface area (Å²) in [6, 6.07) is 14.6. The number of nitrogens with zero attached hydrogens (tertiary/aromatic N) is 1. The lowest BCUT2D eigenvalue weighted by molar-refractivity contribution is -0.142. The zero-order valence-electron chi connectivity index (χ0n) is 18.7. The van der Waals surface area contributed by atoms with Crippen LogP contribution < -0.4 is 5.32 Å². The Kier molecular flexibility index (Phi) is 6.65. The minimum atomic E-state index is -1.22. The van der Waals surface area contributed by atoms with Gasteiger partial charge in [0.05, 0.1) is 25.2 Å². The van der Waals surface area contributed by atoms with Gasteiger partial charge in [-0.25, -0.2) is 4.79 Å². The third-order valence-corrected chi connectivity index (χ3v) is 6.39. The van der Waals surface area contributed by atoms with Crippen LogP contribution in [0.5, 0.6) is 0 Å². The summed E-state index contributed by atoms with van der Waals surface area (Å²) < 4.78 is 11.0. The molecule has 2 aliphatic rings. The van der Waals surface area contributed by atoms with Crippen molar-refractivity contribution >= 4 is 18.0 Å². The lowest BCUT2D eigenvalue weighted by Gasteiger charge is -2.28. The molecule has 4 rings (SSSR count). The van der Waals surface area contributed by atoms with E-state index in [1.807, 2.05) is 55.5 Å². The molecule has 3 unspecified atom stereocenters. The molecule has 1 aliphatic carbocycles. The normalized spacial score (nSPS) is 19.9. The van der Waals surface area contributed by atoms with Crippen LogP contribution in [0.25, 0.3) is 11.1 Å². The molecular formula is C25H28N2O6. The highest BCUT2D eigenvalue weighted by molar-refractivity contribution is 5.89. The predicted octanol–water partition coefficient (Wildman–Crippen LogP) is 3.00. The quantitative estimate of drug-likeness (QED) is 0.669. The van der Waals surface area contributed by atoms with Crippen molar-refractivity contribution < 1.29 is 29.0 Å². The third kappa shape index (κ3) is 4.85.